The van der Waals surface area contributed by atoms with Crippen molar-refractivity contribution in [3.8, 4) is 22.7 Å². The Bertz CT molecular complexity index is 910. The van der Waals surface area contributed by atoms with Gasteiger partial charge in [0, 0.05) is 11.3 Å². The molecule has 3 aromatic rings. The maximum absolute atomic E-state index is 13.2. The highest BCUT2D eigenvalue weighted by Gasteiger charge is 2.22. The van der Waals surface area contributed by atoms with Crippen LogP contribution in [0.1, 0.15) is 30.9 Å². The molecule has 3 rings (SSSR count). The van der Waals surface area contributed by atoms with Gasteiger partial charge in [0.2, 0.25) is 0 Å². The van der Waals surface area contributed by atoms with E-state index in [0.29, 0.717) is 11.1 Å². The second-order valence-corrected chi connectivity index (χ2v) is 6.23. The van der Waals surface area contributed by atoms with Crippen molar-refractivity contribution >= 4 is 0 Å². The molecule has 0 unspecified atom stereocenters. The van der Waals surface area contributed by atoms with Crippen molar-refractivity contribution in [3.63, 3.8) is 0 Å². The number of hydrogen-bond donors (Lipinski definition) is 1. The molecule has 0 saturated carbocycles. The average molecular weight is 319 g/mol. The van der Waals surface area contributed by atoms with Gasteiger partial charge in [-0.05, 0) is 30.5 Å². The third kappa shape index (κ3) is 2.62. The third-order valence-corrected chi connectivity index (χ3v) is 4.26. The molecule has 1 aromatic heterocycles. The van der Waals surface area contributed by atoms with Crippen LogP contribution in [0.5, 0.6) is 5.75 Å². The van der Waals surface area contributed by atoms with Gasteiger partial charge in [-0.25, -0.2) is 0 Å². The highest BCUT2D eigenvalue weighted by Crippen LogP contribution is 2.34. The van der Waals surface area contributed by atoms with Crippen molar-refractivity contribution in [1.82, 2.24) is 4.57 Å². The van der Waals surface area contributed by atoms with Crippen molar-refractivity contribution in [2.24, 2.45) is 0 Å². The molecule has 24 heavy (non-hydrogen) atoms. The molecule has 1 heterocycles. The van der Waals surface area contributed by atoms with E-state index >= 15 is 0 Å². The highest BCUT2D eigenvalue weighted by molar-refractivity contribution is 5.69. The van der Waals surface area contributed by atoms with Crippen LogP contribution >= 0.6 is 0 Å². The normalized spacial score (nSPS) is 11.0. The van der Waals surface area contributed by atoms with Gasteiger partial charge in [-0.15, -0.1) is 0 Å². The number of pyridine rings is 1. The van der Waals surface area contributed by atoms with E-state index in [1.54, 1.807) is 4.57 Å². The molecule has 0 aliphatic rings. The smallest absolute Gasteiger partial charge is 0.262 e. The van der Waals surface area contributed by atoms with Crippen molar-refractivity contribution in [2.75, 3.05) is 0 Å². The number of hydrogen-bond acceptors (Lipinski definition) is 2. The van der Waals surface area contributed by atoms with Gasteiger partial charge in [0.15, 0.2) is 0 Å². The SMILES string of the molecule is Cc1c(O)c(C(C)C)c(=O)n(-c2ccccc2)c1-c1ccccc1. The minimum absolute atomic E-state index is 0.0593. The summed E-state index contributed by atoms with van der Waals surface area (Å²) in [4.78, 5) is 13.2. The van der Waals surface area contributed by atoms with Crippen LogP contribution in [-0.2, 0) is 0 Å². The average Bonchev–Trinajstić information content (AvgIpc) is 2.59. The zero-order valence-electron chi connectivity index (χ0n) is 14.2. The van der Waals surface area contributed by atoms with Crippen LogP contribution in [-0.4, -0.2) is 9.67 Å². The molecule has 0 radical (unpaired) electrons. The summed E-state index contributed by atoms with van der Waals surface area (Å²) < 4.78 is 1.71. The first-order valence-electron chi connectivity index (χ1n) is 8.11. The van der Waals surface area contributed by atoms with E-state index in [9.17, 15) is 9.90 Å². The fourth-order valence-corrected chi connectivity index (χ4v) is 3.09. The predicted molar refractivity (Wildman–Crippen MR) is 98.0 cm³/mol. The van der Waals surface area contributed by atoms with Gasteiger partial charge in [0.25, 0.3) is 5.56 Å². The highest BCUT2D eigenvalue weighted by atomic mass is 16.3. The topological polar surface area (TPSA) is 42.2 Å². The molecule has 0 atom stereocenters. The summed E-state index contributed by atoms with van der Waals surface area (Å²) in [6.45, 7) is 5.71. The van der Waals surface area contributed by atoms with Gasteiger partial charge in [-0.3, -0.25) is 9.36 Å². The maximum Gasteiger partial charge on any atom is 0.262 e. The molecule has 2 aromatic carbocycles. The monoisotopic (exact) mass is 319 g/mol. The lowest BCUT2D eigenvalue weighted by atomic mass is 9.97. The van der Waals surface area contributed by atoms with Gasteiger partial charge in [0.05, 0.1) is 11.3 Å². The molecule has 1 N–H and O–H groups in total. The van der Waals surface area contributed by atoms with Crippen LogP contribution in [0.4, 0.5) is 0 Å². The summed E-state index contributed by atoms with van der Waals surface area (Å²) in [6, 6.07) is 19.3. The Hall–Kier alpha value is -2.81. The van der Waals surface area contributed by atoms with Crippen molar-refractivity contribution < 1.29 is 5.11 Å². The van der Waals surface area contributed by atoms with E-state index in [2.05, 4.69) is 0 Å². The lowest BCUT2D eigenvalue weighted by Gasteiger charge is -2.21. The first-order chi connectivity index (χ1) is 11.5. The Labute approximate surface area is 141 Å². The predicted octanol–water partition coefficient (Wildman–Crippen LogP) is 4.64. The van der Waals surface area contributed by atoms with Crippen molar-refractivity contribution in [2.45, 2.75) is 26.7 Å². The van der Waals surface area contributed by atoms with Crippen LogP contribution in [0.2, 0.25) is 0 Å². The molecule has 0 fully saturated rings. The molecule has 122 valence electrons. The second-order valence-electron chi connectivity index (χ2n) is 6.23. The summed E-state index contributed by atoms with van der Waals surface area (Å²) in [5.41, 5.74) is 3.43. The fourth-order valence-electron chi connectivity index (χ4n) is 3.09. The van der Waals surface area contributed by atoms with Gasteiger partial charge < -0.3 is 5.11 Å². The maximum atomic E-state index is 13.2. The largest absolute Gasteiger partial charge is 0.507 e. The zero-order chi connectivity index (χ0) is 17.3. The molecule has 0 aliphatic heterocycles. The third-order valence-electron chi connectivity index (χ3n) is 4.26. The summed E-state index contributed by atoms with van der Waals surface area (Å²) in [7, 11) is 0. The molecule has 0 aliphatic carbocycles. The van der Waals surface area contributed by atoms with Crippen LogP contribution in [0.3, 0.4) is 0 Å². The Kier molecular flexibility index (Phi) is 4.26. The number of aromatic nitrogens is 1. The Morgan fingerprint density at radius 1 is 0.917 bits per heavy atom. The molecular weight excluding hydrogens is 298 g/mol. The standard InChI is InChI=1S/C21H21NO2/c1-14(2)18-20(23)15(3)19(16-10-6-4-7-11-16)22(21(18)24)17-12-8-5-9-13-17/h4-14,23H,1-3H3. The number of benzene rings is 2. The fraction of sp³-hybridized carbons (Fsp3) is 0.190. The van der Waals surface area contributed by atoms with Gasteiger partial charge >= 0.3 is 0 Å². The molecule has 3 nitrogen and oxygen atoms in total. The molecule has 0 saturated heterocycles. The molecule has 3 heteroatoms. The van der Waals surface area contributed by atoms with E-state index in [-0.39, 0.29) is 17.2 Å². The second kappa shape index (κ2) is 6.36. The molecule has 0 amide bonds. The van der Waals surface area contributed by atoms with Gasteiger partial charge in [0.1, 0.15) is 5.75 Å². The number of para-hydroxylation sites is 1. The lowest BCUT2D eigenvalue weighted by molar-refractivity contribution is 0.457. The quantitative estimate of drug-likeness (QED) is 0.764. The van der Waals surface area contributed by atoms with Crippen molar-refractivity contribution in [3.05, 3.63) is 82.1 Å². The van der Waals surface area contributed by atoms with Crippen LogP contribution in [0.15, 0.2) is 65.5 Å². The zero-order valence-corrected chi connectivity index (χ0v) is 14.2. The van der Waals surface area contributed by atoms with Crippen LogP contribution in [0, 0.1) is 6.92 Å². The Morgan fingerprint density at radius 2 is 1.46 bits per heavy atom. The molecule has 0 spiro atoms. The van der Waals surface area contributed by atoms with E-state index in [1.165, 1.54) is 0 Å². The Balaban J connectivity index is 2.47. The van der Waals surface area contributed by atoms with Crippen LogP contribution in [0.25, 0.3) is 16.9 Å². The minimum Gasteiger partial charge on any atom is -0.507 e. The van der Waals surface area contributed by atoms with Crippen LogP contribution < -0.4 is 5.56 Å². The van der Waals surface area contributed by atoms with E-state index in [0.717, 1.165) is 16.9 Å². The number of rotatable bonds is 3. The lowest BCUT2D eigenvalue weighted by Crippen LogP contribution is -2.26. The first kappa shape index (κ1) is 16.1. The molecule has 0 bridgehead atoms. The molecular formula is C21H21NO2. The van der Waals surface area contributed by atoms with E-state index in [1.807, 2.05) is 81.4 Å². The number of nitrogens with zero attached hydrogens (tertiary/aromatic N) is 1. The number of aromatic hydroxyl groups is 1. The van der Waals surface area contributed by atoms with Gasteiger partial charge in [-0.1, -0.05) is 62.4 Å². The minimum atomic E-state index is -0.168. The summed E-state index contributed by atoms with van der Waals surface area (Å²) in [6.07, 6.45) is 0. The summed E-state index contributed by atoms with van der Waals surface area (Å²) in [5, 5.41) is 10.6. The van der Waals surface area contributed by atoms with E-state index < -0.39 is 0 Å². The van der Waals surface area contributed by atoms with E-state index in [4.69, 9.17) is 0 Å². The van der Waals surface area contributed by atoms with Gasteiger partial charge in [-0.2, -0.15) is 0 Å². The van der Waals surface area contributed by atoms with Crippen molar-refractivity contribution in [1.29, 1.82) is 0 Å². The summed E-state index contributed by atoms with van der Waals surface area (Å²) in [5.74, 6) is 0.0389. The summed E-state index contributed by atoms with van der Waals surface area (Å²) >= 11 is 0. The Morgan fingerprint density at radius 3 is 2.00 bits per heavy atom. The first-order valence-corrected chi connectivity index (χ1v) is 8.11.